The number of carboxylic acid groups (broad SMARTS) is 1. The van der Waals surface area contributed by atoms with Crippen LogP contribution >= 0.6 is 0 Å². The highest BCUT2D eigenvalue weighted by Gasteiger charge is 2.31. The van der Waals surface area contributed by atoms with E-state index in [4.69, 9.17) is 0 Å². The van der Waals surface area contributed by atoms with Crippen molar-refractivity contribution < 1.29 is 19.5 Å². The molecule has 0 radical (unpaired) electrons. The number of nitrogens with zero attached hydrogens (tertiary/aromatic N) is 4. The molecule has 0 aliphatic carbocycles. The molecule has 0 atom stereocenters. The minimum atomic E-state index is -0.799. The maximum absolute atomic E-state index is 12.6. The Bertz CT molecular complexity index is 1140. The van der Waals surface area contributed by atoms with Gasteiger partial charge in [0.15, 0.2) is 0 Å². The maximum Gasteiger partial charge on any atom is 0.407 e. The molecule has 3 aliphatic heterocycles. The van der Waals surface area contributed by atoms with Crippen molar-refractivity contribution in [1.29, 1.82) is 0 Å². The molecule has 5 rings (SSSR count). The Morgan fingerprint density at radius 1 is 1.06 bits per heavy atom. The fourth-order valence-corrected chi connectivity index (χ4v) is 6.25. The summed E-state index contributed by atoms with van der Waals surface area (Å²) in [6, 6.07) is 5.80. The summed E-state index contributed by atoms with van der Waals surface area (Å²) >= 11 is 0. The number of urea groups is 1. The van der Waals surface area contributed by atoms with Gasteiger partial charge in [-0.15, -0.1) is 0 Å². The van der Waals surface area contributed by atoms with Crippen molar-refractivity contribution >= 4 is 34.6 Å². The van der Waals surface area contributed by atoms with Crippen molar-refractivity contribution in [3.63, 3.8) is 0 Å². The smallest absolute Gasteiger partial charge is 0.407 e. The first-order chi connectivity index (χ1) is 16.8. The van der Waals surface area contributed by atoms with Crippen molar-refractivity contribution in [2.45, 2.75) is 44.9 Å². The van der Waals surface area contributed by atoms with Crippen LogP contribution in [0.15, 0.2) is 18.2 Å². The molecule has 3 aliphatic rings. The lowest BCUT2D eigenvalue weighted by Gasteiger charge is -2.37. The molecule has 4 heterocycles. The van der Waals surface area contributed by atoms with Gasteiger partial charge in [0.1, 0.15) is 0 Å². The van der Waals surface area contributed by atoms with Gasteiger partial charge < -0.3 is 19.5 Å². The molecule has 9 heteroatoms. The van der Waals surface area contributed by atoms with Crippen LogP contribution in [0.3, 0.4) is 0 Å². The Balaban J connectivity index is 1.30. The minimum Gasteiger partial charge on any atom is -0.465 e. The van der Waals surface area contributed by atoms with Crippen LogP contribution in [-0.4, -0.2) is 76.8 Å². The maximum atomic E-state index is 12.6. The number of aryl methyl sites for hydroxylation is 1. The number of anilines is 1. The van der Waals surface area contributed by atoms with Crippen LogP contribution in [0, 0.1) is 12.8 Å². The number of carbonyl (C=O) groups excluding carboxylic acids is 2. The van der Waals surface area contributed by atoms with Crippen molar-refractivity contribution in [3.8, 4) is 0 Å². The Kier molecular flexibility index (Phi) is 6.44. The average Bonchev–Trinajstić information content (AvgIpc) is 3.10. The van der Waals surface area contributed by atoms with E-state index in [1.54, 1.807) is 4.90 Å². The van der Waals surface area contributed by atoms with E-state index in [1.165, 1.54) is 21.5 Å². The van der Waals surface area contributed by atoms with E-state index in [0.717, 1.165) is 56.5 Å². The number of para-hydroxylation sites is 1. The summed E-state index contributed by atoms with van der Waals surface area (Å²) in [6.07, 6.45) is 3.60. The van der Waals surface area contributed by atoms with Gasteiger partial charge in [-0.05, 0) is 69.2 Å². The zero-order chi connectivity index (χ0) is 24.7. The molecule has 0 spiro atoms. The van der Waals surface area contributed by atoms with Crippen LogP contribution in [0.2, 0.25) is 0 Å². The van der Waals surface area contributed by atoms with Crippen LogP contribution in [0.5, 0.6) is 0 Å². The van der Waals surface area contributed by atoms with Gasteiger partial charge in [0.2, 0.25) is 5.91 Å². The normalized spacial score (nSPS) is 21.1. The van der Waals surface area contributed by atoms with Gasteiger partial charge in [-0.25, -0.2) is 9.59 Å². The van der Waals surface area contributed by atoms with E-state index >= 15 is 0 Å². The lowest BCUT2D eigenvalue weighted by atomic mass is 9.86. The third-order valence-corrected chi connectivity index (χ3v) is 8.28. The topological polar surface area (TPSA) is 98.1 Å². The van der Waals surface area contributed by atoms with Crippen molar-refractivity contribution in [2.75, 3.05) is 44.2 Å². The van der Waals surface area contributed by atoms with Crippen LogP contribution in [0.4, 0.5) is 15.3 Å². The second-order valence-electron chi connectivity index (χ2n) is 10.3. The van der Waals surface area contributed by atoms with Gasteiger partial charge in [0.25, 0.3) is 0 Å². The molecule has 3 fully saturated rings. The number of amides is 4. The van der Waals surface area contributed by atoms with E-state index in [9.17, 15) is 19.5 Å². The summed E-state index contributed by atoms with van der Waals surface area (Å²) in [4.78, 5) is 41.1. The van der Waals surface area contributed by atoms with Crippen molar-refractivity contribution in [1.82, 2.24) is 19.7 Å². The quantitative estimate of drug-likeness (QED) is 0.697. The number of imide groups is 1. The number of nitrogens with one attached hydrogen (secondary N) is 1. The number of aromatic nitrogens is 1. The third kappa shape index (κ3) is 4.49. The van der Waals surface area contributed by atoms with Crippen LogP contribution in [0.1, 0.15) is 49.3 Å². The van der Waals surface area contributed by atoms with E-state index in [0.29, 0.717) is 37.9 Å². The molecule has 0 bridgehead atoms. The lowest BCUT2D eigenvalue weighted by molar-refractivity contribution is -0.120. The third-order valence-electron chi connectivity index (χ3n) is 8.28. The van der Waals surface area contributed by atoms with E-state index in [-0.39, 0.29) is 11.9 Å². The minimum absolute atomic E-state index is 0.221. The average molecular weight is 482 g/mol. The zero-order valence-corrected chi connectivity index (χ0v) is 20.6. The van der Waals surface area contributed by atoms with Gasteiger partial charge in [0, 0.05) is 50.7 Å². The Hall–Kier alpha value is -3.07. The molecule has 1 aromatic heterocycles. The zero-order valence-electron chi connectivity index (χ0n) is 20.6. The summed E-state index contributed by atoms with van der Waals surface area (Å²) in [6.45, 7) is 7.02. The van der Waals surface area contributed by atoms with Gasteiger partial charge in [-0.3, -0.25) is 15.0 Å². The Morgan fingerprint density at radius 2 is 1.77 bits per heavy atom. The number of carbonyl (C=O) groups is 3. The molecule has 0 unspecified atom stereocenters. The van der Waals surface area contributed by atoms with Gasteiger partial charge in [-0.1, -0.05) is 12.1 Å². The first kappa shape index (κ1) is 23.7. The van der Waals surface area contributed by atoms with E-state index < -0.39 is 6.09 Å². The van der Waals surface area contributed by atoms with Gasteiger partial charge in [0.05, 0.1) is 11.2 Å². The summed E-state index contributed by atoms with van der Waals surface area (Å²) in [5, 5.41) is 12.8. The van der Waals surface area contributed by atoms with Gasteiger partial charge in [-0.2, -0.15) is 0 Å². The largest absolute Gasteiger partial charge is 0.465 e. The van der Waals surface area contributed by atoms with Crippen LogP contribution in [-0.2, 0) is 11.8 Å². The molecular formula is C26H35N5O4. The molecule has 1 aromatic carbocycles. The van der Waals surface area contributed by atoms with Gasteiger partial charge >= 0.3 is 12.1 Å². The molecule has 2 aromatic rings. The molecule has 2 N–H and O–H groups in total. The second-order valence-corrected chi connectivity index (χ2v) is 10.3. The van der Waals surface area contributed by atoms with E-state index in [2.05, 4.69) is 34.8 Å². The molecule has 3 saturated heterocycles. The number of rotatable bonds is 4. The predicted molar refractivity (Wildman–Crippen MR) is 134 cm³/mol. The summed E-state index contributed by atoms with van der Waals surface area (Å²) in [5.41, 5.74) is 4.53. The van der Waals surface area contributed by atoms with E-state index in [1.807, 2.05) is 12.1 Å². The summed E-state index contributed by atoms with van der Waals surface area (Å²) < 4.78 is 2.20. The number of likely N-dealkylation sites (tertiary alicyclic amines) is 2. The lowest BCUT2D eigenvalue weighted by Crippen LogP contribution is -2.49. The van der Waals surface area contributed by atoms with Crippen LogP contribution in [0.25, 0.3) is 10.9 Å². The first-order valence-electron chi connectivity index (χ1n) is 12.7. The van der Waals surface area contributed by atoms with Crippen LogP contribution < -0.4 is 10.2 Å². The Labute approximate surface area is 205 Å². The predicted octanol–water partition coefficient (Wildman–Crippen LogP) is 3.50. The number of fused-ring (bicyclic) bond motifs is 1. The molecule has 0 saturated carbocycles. The fourth-order valence-electron chi connectivity index (χ4n) is 6.25. The SMILES string of the molecule is Cc1c(C2CCN(CC3CCN(C(=O)O)CC3)CC2)c2cccc(N3CCC(=O)NC3=O)c2n1C. The fraction of sp³-hybridized carbons (Fsp3) is 0.577. The number of hydrogen-bond acceptors (Lipinski definition) is 4. The Morgan fingerprint density at radius 3 is 2.43 bits per heavy atom. The molecule has 9 nitrogen and oxygen atoms in total. The molecule has 35 heavy (non-hydrogen) atoms. The molecular weight excluding hydrogens is 446 g/mol. The number of benzene rings is 1. The van der Waals surface area contributed by atoms with Crippen molar-refractivity contribution in [2.24, 2.45) is 13.0 Å². The first-order valence-corrected chi connectivity index (χ1v) is 12.7. The number of piperidine rings is 2. The van der Waals surface area contributed by atoms with Crippen molar-refractivity contribution in [3.05, 3.63) is 29.5 Å². The highest BCUT2D eigenvalue weighted by Crippen LogP contribution is 2.40. The molecule has 188 valence electrons. The number of hydrogen-bond donors (Lipinski definition) is 2. The summed E-state index contributed by atoms with van der Waals surface area (Å²) in [7, 11) is 2.07. The monoisotopic (exact) mass is 481 g/mol. The standard InChI is InChI=1S/C26H35N5O4/c1-17-23(19-8-11-29(12-9-19)16-18-6-13-30(14-7-18)26(34)35)20-4-3-5-21(24(20)28(17)2)31-15-10-22(32)27-25(31)33/h3-5,18-19H,6-16H2,1-2H3,(H,34,35)(H,27,32,33). The summed E-state index contributed by atoms with van der Waals surface area (Å²) in [5.74, 6) is 0.823. The highest BCUT2D eigenvalue weighted by molar-refractivity contribution is 6.10. The highest BCUT2D eigenvalue weighted by atomic mass is 16.4. The molecule has 4 amide bonds. The second kappa shape index (κ2) is 9.53.